The zero-order valence-corrected chi connectivity index (χ0v) is 32.2. The van der Waals surface area contributed by atoms with Gasteiger partial charge in [0, 0.05) is 38.1 Å². The van der Waals surface area contributed by atoms with Crippen LogP contribution in [0.4, 0.5) is 0 Å². The maximum absolute atomic E-state index is 6.68. The average Bonchev–Trinajstić information content (AvgIpc) is 3.88. The summed E-state index contributed by atoms with van der Waals surface area (Å²) in [5.74, 6) is 1.72. The van der Waals surface area contributed by atoms with Crippen molar-refractivity contribution in [2.45, 2.75) is 0 Å². The maximum Gasteiger partial charge on any atom is 0.238 e. The van der Waals surface area contributed by atoms with Gasteiger partial charge in [0.25, 0.3) is 0 Å². The Morgan fingerprint density at radius 3 is 1.55 bits per heavy atom. The molecule has 0 aliphatic heterocycles. The van der Waals surface area contributed by atoms with Gasteiger partial charge in [0.2, 0.25) is 5.95 Å². The first-order valence-electron chi connectivity index (χ1n) is 20.3. The minimum Gasteiger partial charge on any atom is -0.455 e. The molecule has 278 valence electrons. The predicted molar refractivity (Wildman–Crippen MR) is 248 cm³/mol. The van der Waals surface area contributed by atoms with E-state index in [0.29, 0.717) is 17.6 Å². The molecule has 0 atom stereocenters. The van der Waals surface area contributed by atoms with Crippen molar-refractivity contribution < 1.29 is 4.42 Å². The number of benzene rings is 10. The smallest absolute Gasteiger partial charge is 0.238 e. The lowest BCUT2D eigenvalue weighted by atomic mass is 9.94. The van der Waals surface area contributed by atoms with Crippen LogP contribution in [0.2, 0.25) is 0 Å². The van der Waals surface area contributed by atoms with Crippen molar-refractivity contribution in [2.24, 2.45) is 0 Å². The van der Waals surface area contributed by atoms with Crippen LogP contribution in [-0.2, 0) is 0 Å². The summed E-state index contributed by atoms with van der Waals surface area (Å²) in [5, 5.41) is 13.4. The van der Waals surface area contributed by atoms with Crippen LogP contribution in [-0.4, -0.2) is 19.5 Å². The molecule has 5 heteroatoms. The fourth-order valence-electron chi connectivity index (χ4n) is 9.57. The molecule has 0 saturated carbocycles. The van der Waals surface area contributed by atoms with Crippen molar-refractivity contribution >= 4 is 86.8 Å². The number of rotatable bonds is 4. The zero-order chi connectivity index (χ0) is 39.3. The van der Waals surface area contributed by atoms with Crippen LogP contribution >= 0.6 is 0 Å². The van der Waals surface area contributed by atoms with Crippen LogP contribution in [0.15, 0.2) is 199 Å². The third kappa shape index (κ3) is 4.77. The molecular formula is C55H32N4O. The van der Waals surface area contributed by atoms with Crippen LogP contribution in [0.5, 0.6) is 0 Å². The molecule has 0 aliphatic carbocycles. The van der Waals surface area contributed by atoms with Gasteiger partial charge in [-0.25, -0.2) is 4.98 Å². The number of furan rings is 1. The molecule has 10 aromatic carbocycles. The molecule has 0 radical (unpaired) electrons. The summed E-state index contributed by atoms with van der Waals surface area (Å²) in [5.41, 5.74) is 7.85. The fourth-order valence-corrected chi connectivity index (χ4v) is 9.57. The number of hydrogen-bond acceptors (Lipinski definition) is 4. The van der Waals surface area contributed by atoms with Crippen LogP contribution in [0.1, 0.15) is 0 Å². The SMILES string of the molecule is c1ccc(-c2ccc(-c3nc(-c4cc5ccccc5c5oc6ccccc6c45)nc(-n4c5ccc6ccccc6c5c5c6ccccc6ccc54)n3)c3ccccc23)cc1. The van der Waals surface area contributed by atoms with E-state index in [-0.39, 0.29) is 0 Å². The summed E-state index contributed by atoms with van der Waals surface area (Å²) in [7, 11) is 0. The van der Waals surface area contributed by atoms with Crippen molar-refractivity contribution in [2.75, 3.05) is 0 Å². The number of para-hydroxylation sites is 1. The Morgan fingerprint density at radius 2 is 0.867 bits per heavy atom. The van der Waals surface area contributed by atoms with Gasteiger partial charge in [0.15, 0.2) is 11.6 Å². The van der Waals surface area contributed by atoms with E-state index in [0.717, 1.165) is 76.8 Å². The van der Waals surface area contributed by atoms with Crippen LogP contribution in [0.25, 0.3) is 127 Å². The van der Waals surface area contributed by atoms with Gasteiger partial charge in [0.1, 0.15) is 11.2 Å². The van der Waals surface area contributed by atoms with Gasteiger partial charge >= 0.3 is 0 Å². The molecule has 0 saturated heterocycles. The van der Waals surface area contributed by atoms with E-state index in [1.54, 1.807) is 0 Å². The summed E-state index contributed by atoms with van der Waals surface area (Å²) in [6.07, 6.45) is 0. The van der Waals surface area contributed by atoms with Crippen molar-refractivity contribution in [3.8, 4) is 39.9 Å². The number of nitrogens with zero attached hydrogens (tertiary/aromatic N) is 4. The monoisotopic (exact) mass is 764 g/mol. The lowest BCUT2D eigenvalue weighted by Crippen LogP contribution is -2.07. The highest BCUT2D eigenvalue weighted by atomic mass is 16.3. The summed E-state index contributed by atoms with van der Waals surface area (Å²) < 4.78 is 8.92. The molecule has 3 aromatic heterocycles. The second-order valence-corrected chi connectivity index (χ2v) is 15.5. The molecule has 60 heavy (non-hydrogen) atoms. The third-order valence-electron chi connectivity index (χ3n) is 12.2. The Morgan fingerprint density at radius 1 is 0.350 bits per heavy atom. The van der Waals surface area contributed by atoms with Crippen LogP contribution in [0.3, 0.4) is 0 Å². The van der Waals surface area contributed by atoms with Gasteiger partial charge in [-0.2, -0.15) is 9.97 Å². The first-order chi connectivity index (χ1) is 29.8. The third-order valence-corrected chi connectivity index (χ3v) is 12.2. The van der Waals surface area contributed by atoms with Crippen LogP contribution < -0.4 is 0 Å². The molecule has 0 fully saturated rings. The molecule has 0 amide bonds. The van der Waals surface area contributed by atoms with Gasteiger partial charge in [-0.05, 0) is 79.2 Å². The van der Waals surface area contributed by atoms with E-state index in [9.17, 15) is 0 Å². The highest BCUT2D eigenvalue weighted by Gasteiger charge is 2.24. The molecule has 0 aliphatic rings. The zero-order valence-electron chi connectivity index (χ0n) is 32.2. The second kappa shape index (κ2) is 12.7. The van der Waals surface area contributed by atoms with Crippen molar-refractivity contribution in [3.05, 3.63) is 194 Å². The summed E-state index contributed by atoms with van der Waals surface area (Å²) >= 11 is 0. The van der Waals surface area contributed by atoms with Gasteiger partial charge < -0.3 is 4.42 Å². The van der Waals surface area contributed by atoms with Crippen molar-refractivity contribution in [1.29, 1.82) is 0 Å². The number of fused-ring (bicyclic) bond motifs is 13. The minimum atomic E-state index is 0.547. The Hall–Kier alpha value is -8.15. The lowest BCUT2D eigenvalue weighted by molar-refractivity contribution is 0.672. The maximum atomic E-state index is 6.68. The summed E-state index contributed by atoms with van der Waals surface area (Å²) in [6, 6.07) is 68.5. The molecule has 0 spiro atoms. The van der Waals surface area contributed by atoms with E-state index in [4.69, 9.17) is 19.4 Å². The summed E-state index contributed by atoms with van der Waals surface area (Å²) in [6.45, 7) is 0. The Labute approximate surface area is 343 Å². The first-order valence-corrected chi connectivity index (χ1v) is 20.3. The molecular weight excluding hydrogens is 733 g/mol. The largest absolute Gasteiger partial charge is 0.455 e. The Bertz CT molecular complexity index is 3810. The predicted octanol–water partition coefficient (Wildman–Crippen LogP) is 14.5. The summed E-state index contributed by atoms with van der Waals surface area (Å²) in [4.78, 5) is 16.5. The molecule has 0 unspecified atom stereocenters. The molecule has 5 nitrogen and oxygen atoms in total. The van der Waals surface area contributed by atoms with E-state index >= 15 is 0 Å². The highest BCUT2D eigenvalue weighted by molar-refractivity contribution is 6.28. The number of aromatic nitrogens is 4. The van der Waals surface area contributed by atoms with Crippen LogP contribution in [0, 0.1) is 0 Å². The molecule has 3 heterocycles. The molecule has 0 bridgehead atoms. The van der Waals surface area contributed by atoms with Gasteiger partial charge in [-0.15, -0.1) is 0 Å². The molecule has 13 aromatic rings. The van der Waals surface area contributed by atoms with E-state index in [1.807, 2.05) is 12.1 Å². The minimum absolute atomic E-state index is 0.547. The lowest BCUT2D eigenvalue weighted by Gasteiger charge is -2.15. The van der Waals surface area contributed by atoms with E-state index in [2.05, 4.69) is 187 Å². The Kier molecular flexibility index (Phi) is 6.95. The van der Waals surface area contributed by atoms with Crippen molar-refractivity contribution in [3.63, 3.8) is 0 Å². The standard InChI is InChI=1S/C55H32N4O/c1-2-14-33(15-3-1)37-28-29-43(42-23-11-10-22-41(37)42)53-56-54(45-32-36-18-6-9-21-40(36)52-49(45)44-24-12-13-25-48(44)60-52)58-55(57-53)59-46-30-26-34-16-4-7-19-38(34)50(46)51-39-20-8-5-17-35(39)27-31-47(51)59/h1-32H. The normalized spacial score (nSPS) is 12.0. The molecule has 13 rings (SSSR count). The second-order valence-electron chi connectivity index (χ2n) is 15.5. The topological polar surface area (TPSA) is 56.7 Å². The quantitative estimate of drug-likeness (QED) is 0.179. The van der Waals surface area contributed by atoms with E-state index < -0.39 is 0 Å². The number of hydrogen-bond donors (Lipinski definition) is 0. The van der Waals surface area contributed by atoms with Gasteiger partial charge in [-0.1, -0.05) is 164 Å². The van der Waals surface area contributed by atoms with Crippen molar-refractivity contribution in [1.82, 2.24) is 19.5 Å². The molecule has 0 N–H and O–H groups in total. The van der Waals surface area contributed by atoms with Gasteiger partial charge in [0.05, 0.1) is 11.0 Å². The average molecular weight is 765 g/mol. The highest BCUT2D eigenvalue weighted by Crippen LogP contribution is 2.44. The Balaban J connectivity index is 1.18. The van der Waals surface area contributed by atoms with Gasteiger partial charge in [-0.3, -0.25) is 4.57 Å². The fraction of sp³-hybridized carbons (Fsp3) is 0. The van der Waals surface area contributed by atoms with E-state index in [1.165, 1.54) is 32.3 Å². The first kappa shape index (κ1) is 32.9.